The van der Waals surface area contributed by atoms with E-state index in [4.69, 9.17) is 4.74 Å². The normalized spacial score (nSPS) is 15.0. The summed E-state index contributed by atoms with van der Waals surface area (Å²) in [5.74, 6) is 0.473. The molecule has 0 atom stereocenters. The van der Waals surface area contributed by atoms with Crippen LogP contribution in [0, 0.1) is 5.82 Å². The van der Waals surface area contributed by atoms with Gasteiger partial charge in [0.15, 0.2) is 6.29 Å². The second-order valence-corrected chi connectivity index (χ2v) is 6.52. The number of anilines is 1. The molecule has 1 saturated heterocycles. The van der Waals surface area contributed by atoms with E-state index in [1.807, 2.05) is 30.3 Å². The highest BCUT2D eigenvalue weighted by molar-refractivity contribution is 5.79. The Hall–Kier alpha value is -2.40. The van der Waals surface area contributed by atoms with Gasteiger partial charge in [-0.2, -0.15) is 0 Å². The molecule has 0 N–H and O–H groups in total. The molecule has 0 radical (unpaired) electrons. The maximum atomic E-state index is 13.0. The summed E-state index contributed by atoms with van der Waals surface area (Å²) in [6.45, 7) is 5.65. The molecule has 1 aliphatic heterocycles. The largest absolute Gasteiger partial charge is 0.493 e. The van der Waals surface area contributed by atoms with Crippen molar-refractivity contribution in [2.75, 3.05) is 44.2 Å². The van der Waals surface area contributed by atoms with E-state index >= 15 is 0 Å². The SMILES string of the molecule is O=Cc1ccccc1OCCCCN1CCN(c2ccc(F)cc2)CC1. The van der Waals surface area contributed by atoms with E-state index in [0.29, 0.717) is 17.9 Å². The van der Waals surface area contributed by atoms with Crippen LogP contribution in [0.25, 0.3) is 0 Å². The molecule has 0 amide bonds. The van der Waals surface area contributed by atoms with Gasteiger partial charge in [0.1, 0.15) is 11.6 Å². The topological polar surface area (TPSA) is 32.8 Å². The Bertz CT molecular complexity index is 697. The van der Waals surface area contributed by atoms with E-state index in [9.17, 15) is 9.18 Å². The minimum Gasteiger partial charge on any atom is -0.493 e. The lowest BCUT2D eigenvalue weighted by atomic mass is 10.2. The van der Waals surface area contributed by atoms with Crippen molar-refractivity contribution >= 4 is 12.0 Å². The number of aldehydes is 1. The molecule has 3 rings (SSSR count). The van der Waals surface area contributed by atoms with Crippen molar-refractivity contribution < 1.29 is 13.9 Å². The fourth-order valence-electron chi connectivity index (χ4n) is 3.21. The summed E-state index contributed by atoms with van der Waals surface area (Å²) < 4.78 is 18.7. The van der Waals surface area contributed by atoms with Gasteiger partial charge in [-0.05, 0) is 55.8 Å². The first kappa shape index (κ1) is 18.4. The minimum absolute atomic E-state index is 0.189. The number of hydrogen-bond donors (Lipinski definition) is 0. The first-order valence-electron chi connectivity index (χ1n) is 9.16. The fraction of sp³-hybridized carbons (Fsp3) is 0.381. The summed E-state index contributed by atoms with van der Waals surface area (Å²) in [4.78, 5) is 15.7. The van der Waals surface area contributed by atoms with Gasteiger partial charge in [-0.15, -0.1) is 0 Å². The second-order valence-electron chi connectivity index (χ2n) is 6.52. The lowest BCUT2D eigenvalue weighted by molar-refractivity contribution is 0.111. The zero-order valence-electron chi connectivity index (χ0n) is 14.9. The number of hydrogen-bond acceptors (Lipinski definition) is 4. The Kier molecular flexibility index (Phi) is 6.61. The van der Waals surface area contributed by atoms with E-state index in [2.05, 4.69) is 9.80 Å². The van der Waals surface area contributed by atoms with Crippen LogP contribution in [0.4, 0.5) is 10.1 Å². The monoisotopic (exact) mass is 356 g/mol. The number of carbonyl (C=O) groups is 1. The van der Waals surface area contributed by atoms with Gasteiger partial charge in [-0.3, -0.25) is 9.69 Å². The Morgan fingerprint density at radius 1 is 0.962 bits per heavy atom. The number of benzene rings is 2. The number of halogens is 1. The highest BCUT2D eigenvalue weighted by Crippen LogP contribution is 2.18. The quantitative estimate of drug-likeness (QED) is 0.534. The number of unbranched alkanes of at least 4 members (excludes halogenated alkanes) is 1. The van der Waals surface area contributed by atoms with E-state index in [-0.39, 0.29) is 5.82 Å². The standard InChI is InChI=1S/C21H25FN2O2/c22-19-7-9-20(10-8-19)24-14-12-23(13-15-24)11-3-4-16-26-21-6-2-1-5-18(21)17-25/h1-2,5-10,17H,3-4,11-16H2. The number of rotatable bonds is 8. The molecule has 0 bridgehead atoms. The molecule has 2 aromatic rings. The molecule has 1 heterocycles. The highest BCUT2D eigenvalue weighted by Gasteiger charge is 2.16. The van der Waals surface area contributed by atoms with Crippen LogP contribution in [-0.4, -0.2) is 50.5 Å². The van der Waals surface area contributed by atoms with Crippen LogP contribution in [0.15, 0.2) is 48.5 Å². The average molecular weight is 356 g/mol. The van der Waals surface area contributed by atoms with Crippen molar-refractivity contribution in [3.63, 3.8) is 0 Å². The number of para-hydroxylation sites is 1. The first-order chi connectivity index (χ1) is 12.8. The molecule has 4 nitrogen and oxygen atoms in total. The van der Waals surface area contributed by atoms with Gasteiger partial charge in [0.05, 0.1) is 12.2 Å². The second kappa shape index (κ2) is 9.34. The number of carbonyl (C=O) groups excluding carboxylic acids is 1. The molecule has 0 unspecified atom stereocenters. The zero-order chi connectivity index (χ0) is 18.2. The number of ether oxygens (including phenoxy) is 1. The summed E-state index contributed by atoms with van der Waals surface area (Å²) >= 11 is 0. The summed E-state index contributed by atoms with van der Waals surface area (Å²) in [6.07, 6.45) is 2.86. The summed E-state index contributed by atoms with van der Waals surface area (Å²) in [6, 6.07) is 14.0. The third-order valence-corrected chi connectivity index (χ3v) is 4.74. The van der Waals surface area contributed by atoms with E-state index < -0.39 is 0 Å². The summed E-state index contributed by atoms with van der Waals surface area (Å²) in [7, 11) is 0. The van der Waals surface area contributed by atoms with Crippen LogP contribution in [0.2, 0.25) is 0 Å². The number of nitrogens with zero attached hydrogens (tertiary/aromatic N) is 2. The Morgan fingerprint density at radius 2 is 1.69 bits per heavy atom. The minimum atomic E-state index is -0.189. The summed E-state index contributed by atoms with van der Waals surface area (Å²) in [5.41, 5.74) is 1.69. The maximum Gasteiger partial charge on any atom is 0.153 e. The first-order valence-corrected chi connectivity index (χ1v) is 9.16. The van der Waals surface area contributed by atoms with Crippen molar-refractivity contribution in [1.29, 1.82) is 0 Å². The third kappa shape index (κ3) is 5.05. The van der Waals surface area contributed by atoms with Gasteiger partial charge >= 0.3 is 0 Å². The van der Waals surface area contributed by atoms with Gasteiger partial charge in [0.2, 0.25) is 0 Å². The predicted octanol–water partition coefficient (Wildman–Crippen LogP) is 3.62. The molecule has 1 fully saturated rings. The predicted molar refractivity (Wildman–Crippen MR) is 102 cm³/mol. The van der Waals surface area contributed by atoms with E-state index in [1.54, 1.807) is 6.07 Å². The van der Waals surface area contributed by atoms with Crippen LogP contribution >= 0.6 is 0 Å². The lowest BCUT2D eigenvalue weighted by Gasteiger charge is -2.36. The lowest BCUT2D eigenvalue weighted by Crippen LogP contribution is -2.46. The van der Waals surface area contributed by atoms with Crippen molar-refractivity contribution in [1.82, 2.24) is 4.90 Å². The number of piperazine rings is 1. The van der Waals surface area contributed by atoms with Crippen molar-refractivity contribution in [3.05, 3.63) is 59.9 Å². The zero-order valence-corrected chi connectivity index (χ0v) is 14.9. The van der Waals surface area contributed by atoms with Gasteiger partial charge in [0.25, 0.3) is 0 Å². The molecular weight excluding hydrogens is 331 g/mol. The van der Waals surface area contributed by atoms with Crippen LogP contribution in [0.3, 0.4) is 0 Å². The van der Waals surface area contributed by atoms with E-state index in [1.165, 1.54) is 12.1 Å². The van der Waals surface area contributed by atoms with Gasteiger partial charge < -0.3 is 9.64 Å². The van der Waals surface area contributed by atoms with E-state index in [0.717, 1.165) is 57.5 Å². The van der Waals surface area contributed by atoms with Crippen LogP contribution < -0.4 is 9.64 Å². The van der Waals surface area contributed by atoms with Crippen molar-refractivity contribution in [2.45, 2.75) is 12.8 Å². The van der Waals surface area contributed by atoms with Crippen molar-refractivity contribution in [3.8, 4) is 5.75 Å². The summed E-state index contributed by atoms with van der Waals surface area (Å²) in [5, 5.41) is 0. The van der Waals surface area contributed by atoms with Crippen LogP contribution in [0.5, 0.6) is 5.75 Å². The molecule has 2 aromatic carbocycles. The molecule has 0 aromatic heterocycles. The third-order valence-electron chi connectivity index (χ3n) is 4.74. The van der Waals surface area contributed by atoms with Crippen LogP contribution in [-0.2, 0) is 0 Å². The van der Waals surface area contributed by atoms with Gasteiger partial charge in [-0.1, -0.05) is 12.1 Å². The Labute approximate surface area is 154 Å². The van der Waals surface area contributed by atoms with Crippen molar-refractivity contribution in [2.24, 2.45) is 0 Å². The molecular formula is C21H25FN2O2. The molecule has 0 saturated carbocycles. The average Bonchev–Trinajstić information content (AvgIpc) is 2.69. The van der Waals surface area contributed by atoms with Gasteiger partial charge in [0, 0.05) is 31.9 Å². The Balaban J connectivity index is 1.33. The van der Waals surface area contributed by atoms with Crippen LogP contribution in [0.1, 0.15) is 23.2 Å². The fourth-order valence-corrected chi connectivity index (χ4v) is 3.21. The molecule has 1 aliphatic rings. The molecule has 5 heteroatoms. The molecule has 0 aliphatic carbocycles. The Morgan fingerprint density at radius 3 is 2.42 bits per heavy atom. The smallest absolute Gasteiger partial charge is 0.153 e. The maximum absolute atomic E-state index is 13.0. The highest BCUT2D eigenvalue weighted by atomic mass is 19.1. The molecule has 138 valence electrons. The molecule has 26 heavy (non-hydrogen) atoms. The molecule has 0 spiro atoms. The van der Waals surface area contributed by atoms with Gasteiger partial charge in [-0.25, -0.2) is 4.39 Å².